The van der Waals surface area contributed by atoms with Crippen molar-refractivity contribution < 1.29 is 9.53 Å². The zero-order valence-electron chi connectivity index (χ0n) is 16.1. The van der Waals surface area contributed by atoms with Gasteiger partial charge in [-0.15, -0.1) is 0 Å². The Kier molecular flexibility index (Phi) is 8.24. The van der Waals surface area contributed by atoms with Gasteiger partial charge in [-0.05, 0) is 54.9 Å². The summed E-state index contributed by atoms with van der Waals surface area (Å²) in [6, 6.07) is 9.99. The molecule has 0 heterocycles. The average molecular weight is 456 g/mol. The van der Waals surface area contributed by atoms with E-state index in [1.807, 2.05) is 30.3 Å². The topological polar surface area (TPSA) is 26.3 Å². The lowest BCUT2D eigenvalue weighted by molar-refractivity contribution is -0.154. The van der Waals surface area contributed by atoms with E-state index in [2.05, 4.69) is 50.3 Å². The molecule has 0 radical (unpaired) electrons. The third-order valence-electron chi connectivity index (χ3n) is 5.90. The molecule has 0 bridgehead atoms. The Morgan fingerprint density at radius 3 is 2.44 bits per heavy atom. The van der Waals surface area contributed by atoms with E-state index >= 15 is 0 Å². The van der Waals surface area contributed by atoms with Gasteiger partial charge in [0.1, 0.15) is 6.61 Å². The second-order valence-corrected chi connectivity index (χ2v) is 9.82. The smallest absolute Gasteiger partial charge is 0.309 e. The number of carbonyl (C=O) groups excluding carboxylic acids is 1. The van der Waals surface area contributed by atoms with Gasteiger partial charge in [-0.3, -0.25) is 4.79 Å². The summed E-state index contributed by atoms with van der Waals surface area (Å²) in [4.78, 5) is 12.8. The molecule has 1 aromatic rings. The van der Waals surface area contributed by atoms with Crippen molar-refractivity contribution in [2.75, 3.05) is 0 Å². The Balaban J connectivity index is 1.96. The molecule has 0 spiro atoms. The predicted molar refractivity (Wildman–Crippen MR) is 113 cm³/mol. The second-order valence-electron chi connectivity index (χ2n) is 8.22. The molecule has 0 amide bonds. The molecule has 1 aromatic carbocycles. The quantitative estimate of drug-likeness (QED) is 0.275. The molecule has 1 aliphatic carbocycles. The molecule has 0 aromatic heterocycles. The van der Waals surface area contributed by atoms with E-state index in [-0.39, 0.29) is 11.9 Å². The molecule has 25 heavy (non-hydrogen) atoms. The van der Waals surface area contributed by atoms with Gasteiger partial charge in [0.2, 0.25) is 0 Å². The van der Waals surface area contributed by atoms with Crippen molar-refractivity contribution in [3.63, 3.8) is 0 Å². The zero-order chi connectivity index (χ0) is 18.4. The molecular formula is C22H33IO2. The summed E-state index contributed by atoms with van der Waals surface area (Å²) in [5.74, 6) is 2.57. The summed E-state index contributed by atoms with van der Waals surface area (Å²) < 4.78 is 6.38. The van der Waals surface area contributed by atoms with Gasteiger partial charge in [0.05, 0.1) is 5.92 Å². The molecule has 1 fully saturated rings. The molecule has 4 unspecified atom stereocenters. The van der Waals surface area contributed by atoms with Crippen molar-refractivity contribution in [2.24, 2.45) is 29.6 Å². The maximum atomic E-state index is 12.8. The first-order valence-corrected chi connectivity index (χ1v) is 11.0. The summed E-state index contributed by atoms with van der Waals surface area (Å²) >= 11 is 2.57. The summed E-state index contributed by atoms with van der Waals surface area (Å²) in [5, 5.41) is 0. The Labute approximate surface area is 167 Å². The standard InChI is InChI=1S/C22H33IO2/c1-15(2)21(23)11-10-19-12-16(3)17(4)13-20(19)22(24)25-14-18-8-6-5-7-9-18/h5-9,15-17,19-21H,10-14H2,1-4H3/t16?,17?,19?,20?,21-/m0/s1. The van der Waals surface area contributed by atoms with Crippen LogP contribution in [0, 0.1) is 29.6 Å². The van der Waals surface area contributed by atoms with E-state index in [0.717, 1.165) is 24.8 Å². The predicted octanol–water partition coefficient (Wildman–Crippen LogP) is 6.27. The van der Waals surface area contributed by atoms with Crippen LogP contribution in [0.2, 0.25) is 0 Å². The van der Waals surface area contributed by atoms with Gasteiger partial charge in [0, 0.05) is 3.92 Å². The van der Waals surface area contributed by atoms with Gasteiger partial charge in [0.15, 0.2) is 0 Å². The third-order valence-corrected chi connectivity index (χ3v) is 7.97. The number of hydrogen-bond acceptors (Lipinski definition) is 2. The van der Waals surface area contributed by atoms with Crippen LogP contribution < -0.4 is 0 Å². The van der Waals surface area contributed by atoms with Crippen molar-refractivity contribution >= 4 is 28.6 Å². The molecule has 1 saturated carbocycles. The lowest BCUT2D eigenvalue weighted by Crippen LogP contribution is -2.35. The Bertz CT molecular complexity index is 528. The van der Waals surface area contributed by atoms with Crippen LogP contribution in [-0.2, 0) is 16.1 Å². The fraction of sp³-hybridized carbons (Fsp3) is 0.682. The normalized spacial score (nSPS) is 27.9. The maximum absolute atomic E-state index is 12.8. The molecule has 0 aliphatic heterocycles. The Hall–Kier alpha value is -0.580. The monoisotopic (exact) mass is 456 g/mol. The fourth-order valence-corrected chi connectivity index (χ4v) is 4.21. The van der Waals surface area contributed by atoms with Crippen molar-refractivity contribution in [2.45, 2.75) is 63.9 Å². The van der Waals surface area contributed by atoms with Crippen LogP contribution in [0.15, 0.2) is 30.3 Å². The fourth-order valence-electron chi connectivity index (χ4n) is 3.85. The number of hydrogen-bond donors (Lipinski definition) is 0. The van der Waals surface area contributed by atoms with Crippen molar-refractivity contribution in [1.82, 2.24) is 0 Å². The minimum atomic E-state index is 0.0159. The number of benzene rings is 1. The van der Waals surface area contributed by atoms with Crippen LogP contribution in [0.4, 0.5) is 0 Å². The molecular weight excluding hydrogens is 423 g/mol. The number of rotatable bonds is 7. The highest BCUT2D eigenvalue weighted by Gasteiger charge is 2.38. The lowest BCUT2D eigenvalue weighted by atomic mass is 9.68. The van der Waals surface area contributed by atoms with Crippen LogP contribution in [0.3, 0.4) is 0 Å². The van der Waals surface area contributed by atoms with Crippen LogP contribution in [0.1, 0.15) is 58.9 Å². The Morgan fingerprint density at radius 1 is 1.16 bits per heavy atom. The number of esters is 1. The van der Waals surface area contributed by atoms with Crippen molar-refractivity contribution in [3.8, 4) is 0 Å². The lowest BCUT2D eigenvalue weighted by Gasteiger charge is -2.38. The number of ether oxygens (including phenoxy) is 1. The van der Waals surface area contributed by atoms with Crippen molar-refractivity contribution in [3.05, 3.63) is 35.9 Å². The van der Waals surface area contributed by atoms with E-state index in [1.165, 1.54) is 6.42 Å². The van der Waals surface area contributed by atoms with E-state index in [0.29, 0.717) is 34.2 Å². The number of alkyl halides is 1. The SMILES string of the molecule is CC1CC(CC[C@H](I)C(C)C)C(C(=O)OCc2ccccc2)CC1C. The second kappa shape index (κ2) is 9.94. The van der Waals surface area contributed by atoms with Gasteiger partial charge in [-0.2, -0.15) is 0 Å². The van der Waals surface area contributed by atoms with E-state index in [4.69, 9.17) is 4.74 Å². The van der Waals surface area contributed by atoms with E-state index in [1.54, 1.807) is 0 Å². The molecule has 0 saturated heterocycles. The minimum absolute atomic E-state index is 0.0159. The number of halogens is 1. The minimum Gasteiger partial charge on any atom is -0.461 e. The largest absolute Gasteiger partial charge is 0.461 e. The molecule has 1 aliphatic rings. The molecule has 0 N–H and O–H groups in total. The van der Waals surface area contributed by atoms with Crippen molar-refractivity contribution in [1.29, 1.82) is 0 Å². The highest BCUT2D eigenvalue weighted by Crippen LogP contribution is 2.41. The van der Waals surface area contributed by atoms with Crippen LogP contribution in [0.25, 0.3) is 0 Å². The van der Waals surface area contributed by atoms with Crippen LogP contribution in [0.5, 0.6) is 0 Å². The number of carbonyl (C=O) groups is 1. The van der Waals surface area contributed by atoms with Gasteiger partial charge < -0.3 is 4.74 Å². The van der Waals surface area contributed by atoms with Gasteiger partial charge in [-0.1, -0.05) is 80.6 Å². The Morgan fingerprint density at radius 2 is 1.80 bits per heavy atom. The zero-order valence-corrected chi connectivity index (χ0v) is 18.2. The molecule has 2 nitrogen and oxygen atoms in total. The van der Waals surface area contributed by atoms with Gasteiger partial charge in [0.25, 0.3) is 0 Å². The highest BCUT2D eigenvalue weighted by molar-refractivity contribution is 14.1. The van der Waals surface area contributed by atoms with Crippen LogP contribution >= 0.6 is 22.6 Å². The van der Waals surface area contributed by atoms with Gasteiger partial charge in [-0.25, -0.2) is 0 Å². The molecule has 140 valence electrons. The van der Waals surface area contributed by atoms with Crippen LogP contribution in [-0.4, -0.2) is 9.89 Å². The molecule has 3 heteroatoms. The summed E-state index contributed by atoms with van der Waals surface area (Å²) in [6.07, 6.45) is 4.49. The molecule has 5 atom stereocenters. The summed E-state index contributed by atoms with van der Waals surface area (Å²) in [5.41, 5.74) is 1.07. The summed E-state index contributed by atoms with van der Waals surface area (Å²) in [6.45, 7) is 9.59. The maximum Gasteiger partial charge on any atom is 0.309 e. The molecule has 2 rings (SSSR count). The first-order chi connectivity index (χ1) is 11.9. The summed E-state index contributed by atoms with van der Waals surface area (Å²) in [7, 11) is 0. The average Bonchev–Trinajstić information content (AvgIpc) is 2.60. The third kappa shape index (κ3) is 6.26. The van der Waals surface area contributed by atoms with E-state index < -0.39 is 0 Å². The van der Waals surface area contributed by atoms with Gasteiger partial charge >= 0.3 is 5.97 Å². The highest BCUT2D eigenvalue weighted by atomic mass is 127. The first-order valence-electron chi connectivity index (χ1n) is 9.73. The van der Waals surface area contributed by atoms with E-state index in [9.17, 15) is 4.79 Å². The first kappa shape index (κ1) is 20.7.